The van der Waals surface area contributed by atoms with Crippen molar-refractivity contribution in [3.8, 4) is 0 Å². The first kappa shape index (κ1) is 15.9. The van der Waals surface area contributed by atoms with Gasteiger partial charge in [-0.3, -0.25) is 0 Å². The van der Waals surface area contributed by atoms with Gasteiger partial charge in [-0.15, -0.1) is 0 Å². The van der Waals surface area contributed by atoms with Gasteiger partial charge in [-0.05, 0) is 20.8 Å². The Kier molecular flexibility index (Phi) is 15.8. The number of aryl methyl sites for hydroxylation is 1. The molecule has 15 heavy (non-hydrogen) atoms. The van der Waals surface area contributed by atoms with Crippen LogP contribution in [0.4, 0.5) is 0 Å². The van der Waals surface area contributed by atoms with Gasteiger partial charge in [0.2, 0.25) is 0 Å². The molecule has 0 radical (unpaired) electrons. The number of rotatable bonds is 1. The number of benzene rings is 1. The molecule has 0 bridgehead atoms. The molecule has 0 fully saturated rings. The van der Waals surface area contributed by atoms with Gasteiger partial charge in [-0.25, -0.2) is 0 Å². The van der Waals surface area contributed by atoms with Gasteiger partial charge in [0.1, 0.15) is 0 Å². The molecule has 0 atom stereocenters. The maximum Gasteiger partial charge on any atom is -0.0398 e. The van der Waals surface area contributed by atoms with E-state index in [1.165, 1.54) is 5.56 Å². The summed E-state index contributed by atoms with van der Waals surface area (Å²) in [4.78, 5) is 0. The molecular formula is C15H22. The van der Waals surface area contributed by atoms with Gasteiger partial charge in [0, 0.05) is 0 Å². The van der Waals surface area contributed by atoms with E-state index >= 15 is 0 Å². The maximum absolute atomic E-state index is 3.36. The smallest absolute Gasteiger partial charge is 0.0398 e. The van der Waals surface area contributed by atoms with E-state index in [1.807, 2.05) is 44.2 Å². The Hall–Kier alpha value is -1.56. The highest BCUT2D eigenvalue weighted by atomic mass is 13.8. The zero-order chi connectivity index (χ0) is 11.9. The van der Waals surface area contributed by atoms with E-state index in [4.69, 9.17) is 0 Å². The second-order valence-electron chi connectivity index (χ2n) is 2.79. The molecule has 0 N–H and O–H groups in total. The summed E-state index contributed by atoms with van der Waals surface area (Å²) in [6.45, 7) is 12.8. The number of hydrogen-bond donors (Lipinski definition) is 0. The molecule has 0 unspecified atom stereocenters. The van der Waals surface area contributed by atoms with E-state index in [-0.39, 0.29) is 0 Å². The van der Waals surface area contributed by atoms with Crippen molar-refractivity contribution in [1.82, 2.24) is 0 Å². The van der Waals surface area contributed by atoms with Crippen molar-refractivity contribution in [1.29, 1.82) is 0 Å². The van der Waals surface area contributed by atoms with Crippen LogP contribution in [0.3, 0.4) is 0 Å². The third-order valence-corrected chi connectivity index (χ3v) is 1.44. The highest BCUT2D eigenvalue weighted by Crippen LogP contribution is 1.92. The largest absolute Gasteiger partial charge is 0.0991 e. The van der Waals surface area contributed by atoms with Gasteiger partial charge in [0.25, 0.3) is 0 Å². The predicted octanol–water partition coefficient (Wildman–Crippen LogP) is 4.94. The lowest BCUT2D eigenvalue weighted by Crippen LogP contribution is -1.62. The first-order chi connectivity index (χ1) is 7.22. The van der Waals surface area contributed by atoms with E-state index in [2.05, 4.69) is 32.2 Å². The van der Waals surface area contributed by atoms with E-state index in [0.717, 1.165) is 0 Å². The molecular weight excluding hydrogens is 180 g/mol. The average molecular weight is 202 g/mol. The SMILES string of the molecule is C/C=C\C.C=CC=C.Cc1ccccc1. The molecule has 0 amide bonds. The zero-order valence-corrected chi connectivity index (χ0v) is 10.1. The average Bonchev–Trinajstić information content (AvgIpc) is 2.31. The summed E-state index contributed by atoms with van der Waals surface area (Å²) < 4.78 is 0. The lowest BCUT2D eigenvalue weighted by molar-refractivity contribution is 1.48. The Balaban J connectivity index is 0. The molecule has 0 aromatic heterocycles. The number of allylic oxidation sites excluding steroid dienone is 4. The van der Waals surface area contributed by atoms with Crippen LogP contribution < -0.4 is 0 Å². The van der Waals surface area contributed by atoms with Gasteiger partial charge < -0.3 is 0 Å². The topological polar surface area (TPSA) is 0 Å². The van der Waals surface area contributed by atoms with Crippen LogP contribution in [-0.4, -0.2) is 0 Å². The van der Waals surface area contributed by atoms with Crippen LogP contribution in [0.15, 0.2) is 67.8 Å². The molecule has 0 aliphatic rings. The summed E-state index contributed by atoms with van der Waals surface area (Å²) in [6.07, 6.45) is 7.28. The van der Waals surface area contributed by atoms with Crippen molar-refractivity contribution in [3.63, 3.8) is 0 Å². The predicted molar refractivity (Wildman–Crippen MR) is 72.1 cm³/mol. The van der Waals surface area contributed by atoms with Gasteiger partial charge in [0.15, 0.2) is 0 Å². The first-order valence-electron chi connectivity index (χ1n) is 5.05. The molecule has 0 aliphatic carbocycles. The van der Waals surface area contributed by atoms with Crippen LogP contribution in [0.2, 0.25) is 0 Å². The molecule has 0 saturated carbocycles. The standard InChI is InChI=1S/C7H8.C4H8.C4H6/c1-7-5-3-2-4-6-7;2*1-3-4-2/h2-6H,1H3;3-4H,1-2H3;3-4H,1-2H2/b;4-3-;. The summed E-state index contributed by atoms with van der Waals surface area (Å²) in [5.74, 6) is 0. The minimum Gasteiger partial charge on any atom is -0.0991 e. The molecule has 0 heterocycles. The Morgan fingerprint density at radius 1 is 0.867 bits per heavy atom. The minimum atomic E-state index is 1.32. The molecule has 82 valence electrons. The van der Waals surface area contributed by atoms with E-state index < -0.39 is 0 Å². The normalized spacial score (nSPS) is 7.93. The van der Waals surface area contributed by atoms with Crippen LogP contribution in [0.1, 0.15) is 19.4 Å². The summed E-state index contributed by atoms with van der Waals surface area (Å²) in [5.41, 5.74) is 1.32. The van der Waals surface area contributed by atoms with Crippen LogP contribution in [0.5, 0.6) is 0 Å². The highest BCUT2D eigenvalue weighted by Gasteiger charge is 1.72. The van der Waals surface area contributed by atoms with Crippen molar-refractivity contribution < 1.29 is 0 Å². The first-order valence-corrected chi connectivity index (χ1v) is 5.05. The third-order valence-electron chi connectivity index (χ3n) is 1.44. The second kappa shape index (κ2) is 14.9. The fraction of sp³-hybridized carbons (Fsp3) is 0.200. The van der Waals surface area contributed by atoms with E-state index in [1.54, 1.807) is 12.2 Å². The summed E-state index contributed by atoms with van der Waals surface area (Å²) >= 11 is 0. The molecule has 1 rings (SSSR count). The van der Waals surface area contributed by atoms with Crippen LogP contribution in [0, 0.1) is 6.92 Å². The van der Waals surface area contributed by atoms with E-state index in [0.29, 0.717) is 0 Å². The maximum atomic E-state index is 3.36. The Morgan fingerprint density at radius 3 is 1.40 bits per heavy atom. The van der Waals surface area contributed by atoms with Gasteiger partial charge in [-0.1, -0.05) is 73.4 Å². The molecule has 0 saturated heterocycles. The lowest BCUT2D eigenvalue weighted by Gasteiger charge is -1.82. The fourth-order valence-electron chi connectivity index (χ4n) is 0.534. The van der Waals surface area contributed by atoms with Crippen LogP contribution in [-0.2, 0) is 0 Å². The lowest BCUT2D eigenvalue weighted by atomic mass is 10.2. The van der Waals surface area contributed by atoms with Crippen LogP contribution >= 0.6 is 0 Å². The molecule has 0 spiro atoms. The van der Waals surface area contributed by atoms with E-state index in [9.17, 15) is 0 Å². The Bertz CT molecular complexity index is 245. The minimum absolute atomic E-state index is 1.32. The fourth-order valence-corrected chi connectivity index (χ4v) is 0.534. The molecule has 1 aromatic carbocycles. The monoisotopic (exact) mass is 202 g/mol. The van der Waals surface area contributed by atoms with Crippen LogP contribution in [0.25, 0.3) is 0 Å². The van der Waals surface area contributed by atoms with Crippen molar-refractivity contribution in [2.45, 2.75) is 20.8 Å². The van der Waals surface area contributed by atoms with Crippen molar-refractivity contribution >= 4 is 0 Å². The Morgan fingerprint density at radius 2 is 1.27 bits per heavy atom. The van der Waals surface area contributed by atoms with Crippen molar-refractivity contribution in [2.24, 2.45) is 0 Å². The molecule has 0 heteroatoms. The molecule has 0 aliphatic heterocycles. The summed E-state index contributed by atoms with van der Waals surface area (Å²) in [5, 5.41) is 0. The van der Waals surface area contributed by atoms with Gasteiger partial charge in [-0.2, -0.15) is 0 Å². The van der Waals surface area contributed by atoms with Gasteiger partial charge >= 0.3 is 0 Å². The summed E-state index contributed by atoms with van der Waals surface area (Å²) in [7, 11) is 0. The van der Waals surface area contributed by atoms with Gasteiger partial charge in [0.05, 0.1) is 0 Å². The van der Waals surface area contributed by atoms with Crippen molar-refractivity contribution in [2.75, 3.05) is 0 Å². The quantitative estimate of drug-likeness (QED) is 0.447. The highest BCUT2D eigenvalue weighted by molar-refractivity contribution is 5.11. The molecule has 1 aromatic rings. The second-order valence-corrected chi connectivity index (χ2v) is 2.79. The van der Waals surface area contributed by atoms with Crippen molar-refractivity contribution in [3.05, 3.63) is 73.4 Å². The Labute approximate surface area is 94.7 Å². The number of hydrogen-bond acceptors (Lipinski definition) is 0. The third kappa shape index (κ3) is 19.0. The molecule has 0 nitrogen and oxygen atoms in total. The summed E-state index contributed by atoms with van der Waals surface area (Å²) in [6, 6.07) is 10.3. The zero-order valence-electron chi connectivity index (χ0n) is 10.1.